The fourth-order valence-corrected chi connectivity index (χ4v) is 5.45. The SMILES string of the molecule is CCOC(=O)C1=C(C)N(Cc2ccccc2)C2(O)C=CC(=O)C3=C(O)c4ccccc4C(=O)C312. The van der Waals surface area contributed by atoms with Crippen molar-refractivity contribution in [3.8, 4) is 0 Å². The van der Waals surface area contributed by atoms with Crippen molar-refractivity contribution in [2.75, 3.05) is 6.61 Å². The Morgan fingerprint density at radius 3 is 2.35 bits per heavy atom. The third kappa shape index (κ3) is 2.58. The summed E-state index contributed by atoms with van der Waals surface area (Å²) in [6.45, 7) is 3.42. The fraction of sp³-hybridized carbons (Fsp3) is 0.222. The zero-order valence-electron chi connectivity index (χ0n) is 18.7. The molecule has 0 amide bonds. The summed E-state index contributed by atoms with van der Waals surface area (Å²) in [5, 5.41) is 23.5. The lowest BCUT2D eigenvalue weighted by Gasteiger charge is -2.49. The van der Waals surface area contributed by atoms with Crippen molar-refractivity contribution in [1.82, 2.24) is 4.90 Å². The highest BCUT2D eigenvalue weighted by Crippen LogP contribution is 2.62. The van der Waals surface area contributed by atoms with Gasteiger partial charge in [-0.3, -0.25) is 9.59 Å². The molecular formula is C27H23NO6. The number of rotatable bonds is 4. The second kappa shape index (κ2) is 7.53. The molecule has 2 aliphatic carbocycles. The summed E-state index contributed by atoms with van der Waals surface area (Å²) in [7, 11) is 0. The summed E-state index contributed by atoms with van der Waals surface area (Å²) in [5.74, 6) is -2.55. The Labute approximate surface area is 196 Å². The number of carbonyl (C=O) groups excluding carboxylic acids is 3. The van der Waals surface area contributed by atoms with Crippen molar-refractivity contribution >= 4 is 23.3 Å². The third-order valence-corrected chi connectivity index (χ3v) is 6.86. The molecule has 7 heteroatoms. The highest BCUT2D eigenvalue weighted by Gasteiger charge is 2.73. The van der Waals surface area contributed by atoms with E-state index in [2.05, 4.69) is 0 Å². The summed E-state index contributed by atoms with van der Waals surface area (Å²) in [6.07, 6.45) is 2.39. The molecule has 0 fully saturated rings. The van der Waals surface area contributed by atoms with Crippen LogP contribution in [-0.2, 0) is 20.9 Å². The Kier molecular flexibility index (Phi) is 4.84. The van der Waals surface area contributed by atoms with Crippen molar-refractivity contribution < 1.29 is 29.3 Å². The molecular weight excluding hydrogens is 434 g/mol. The molecule has 5 rings (SSSR count). The van der Waals surface area contributed by atoms with Gasteiger partial charge < -0.3 is 19.8 Å². The Balaban J connectivity index is 1.86. The molecule has 34 heavy (non-hydrogen) atoms. The van der Waals surface area contributed by atoms with E-state index in [0.717, 1.165) is 11.6 Å². The Hall–Kier alpha value is -3.97. The number of aliphatic hydroxyl groups excluding tert-OH is 1. The maximum Gasteiger partial charge on any atom is 0.337 e. The Bertz CT molecular complexity index is 1340. The van der Waals surface area contributed by atoms with Crippen LogP contribution in [0.2, 0.25) is 0 Å². The number of hydrogen-bond donors (Lipinski definition) is 2. The van der Waals surface area contributed by atoms with Gasteiger partial charge in [0.15, 0.2) is 22.7 Å². The summed E-state index contributed by atoms with van der Waals surface area (Å²) < 4.78 is 5.31. The summed E-state index contributed by atoms with van der Waals surface area (Å²) in [5.41, 5.74) is -3.37. The molecule has 2 N–H and O–H groups in total. The van der Waals surface area contributed by atoms with E-state index in [4.69, 9.17) is 4.74 Å². The first kappa shape index (κ1) is 21.9. The van der Waals surface area contributed by atoms with Crippen LogP contribution in [0.1, 0.15) is 35.3 Å². The van der Waals surface area contributed by atoms with Gasteiger partial charge in [-0.25, -0.2) is 4.79 Å². The predicted octanol–water partition coefficient (Wildman–Crippen LogP) is 3.32. The topological polar surface area (TPSA) is 104 Å². The van der Waals surface area contributed by atoms with Gasteiger partial charge in [-0.15, -0.1) is 0 Å². The summed E-state index contributed by atoms with van der Waals surface area (Å²) in [4.78, 5) is 42.3. The molecule has 172 valence electrons. The van der Waals surface area contributed by atoms with Crippen LogP contribution >= 0.6 is 0 Å². The molecule has 0 radical (unpaired) electrons. The van der Waals surface area contributed by atoms with Gasteiger partial charge in [0.25, 0.3) is 0 Å². The normalized spacial score (nSPS) is 25.3. The largest absolute Gasteiger partial charge is 0.507 e. The molecule has 0 saturated carbocycles. The van der Waals surface area contributed by atoms with Crippen molar-refractivity contribution in [2.45, 2.75) is 26.1 Å². The van der Waals surface area contributed by atoms with Gasteiger partial charge in [0, 0.05) is 23.4 Å². The minimum absolute atomic E-state index is 0.0302. The summed E-state index contributed by atoms with van der Waals surface area (Å²) in [6, 6.07) is 15.6. The number of nitrogens with zero attached hydrogens (tertiary/aromatic N) is 1. The van der Waals surface area contributed by atoms with E-state index in [-0.39, 0.29) is 35.4 Å². The molecule has 1 heterocycles. The average Bonchev–Trinajstić information content (AvgIpc) is 3.03. The molecule has 0 bridgehead atoms. The molecule has 2 atom stereocenters. The van der Waals surface area contributed by atoms with Crippen molar-refractivity contribution in [3.63, 3.8) is 0 Å². The third-order valence-electron chi connectivity index (χ3n) is 6.86. The molecule has 2 aromatic carbocycles. The van der Waals surface area contributed by atoms with Crippen LogP contribution < -0.4 is 0 Å². The van der Waals surface area contributed by atoms with Crippen LogP contribution in [0.5, 0.6) is 0 Å². The van der Waals surface area contributed by atoms with Crippen LogP contribution in [0.25, 0.3) is 5.76 Å². The van der Waals surface area contributed by atoms with Crippen molar-refractivity contribution in [2.24, 2.45) is 5.41 Å². The maximum atomic E-state index is 14.3. The molecule has 3 aliphatic rings. The summed E-state index contributed by atoms with van der Waals surface area (Å²) >= 11 is 0. The number of benzene rings is 2. The van der Waals surface area contributed by atoms with Crippen LogP contribution in [0.15, 0.2) is 83.6 Å². The van der Waals surface area contributed by atoms with Gasteiger partial charge in [-0.2, -0.15) is 0 Å². The van der Waals surface area contributed by atoms with Crippen molar-refractivity contribution in [3.05, 3.63) is 100 Å². The van der Waals surface area contributed by atoms with Gasteiger partial charge in [-0.1, -0.05) is 54.6 Å². The van der Waals surface area contributed by atoms with Gasteiger partial charge in [0.05, 0.1) is 17.8 Å². The Morgan fingerprint density at radius 2 is 1.68 bits per heavy atom. The van der Waals surface area contributed by atoms with Gasteiger partial charge in [0.2, 0.25) is 0 Å². The minimum Gasteiger partial charge on any atom is -0.507 e. The lowest BCUT2D eigenvalue weighted by Crippen LogP contribution is -2.62. The highest BCUT2D eigenvalue weighted by atomic mass is 16.5. The lowest BCUT2D eigenvalue weighted by molar-refractivity contribution is -0.142. The lowest BCUT2D eigenvalue weighted by atomic mass is 9.57. The smallest absolute Gasteiger partial charge is 0.337 e. The van der Waals surface area contributed by atoms with Crippen LogP contribution in [0, 0.1) is 5.41 Å². The molecule has 1 spiro atoms. The predicted molar refractivity (Wildman–Crippen MR) is 123 cm³/mol. The number of carbonyl (C=O) groups is 3. The van der Waals surface area contributed by atoms with Gasteiger partial charge in [0.1, 0.15) is 5.76 Å². The van der Waals surface area contributed by atoms with Crippen LogP contribution in [0.3, 0.4) is 0 Å². The number of ether oxygens (including phenoxy) is 1. The molecule has 7 nitrogen and oxygen atoms in total. The van der Waals surface area contributed by atoms with Crippen molar-refractivity contribution in [1.29, 1.82) is 0 Å². The molecule has 2 unspecified atom stereocenters. The van der Waals surface area contributed by atoms with E-state index >= 15 is 0 Å². The first-order valence-electron chi connectivity index (χ1n) is 11.0. The van der Waals surface area contributed by atoms with Gasteiger partial charge in [-0.05, 0) is 31.6 Å². The number of hydrogen-bond acceptors (Lipinski definition) is 7. The Morgan fingerprint density at radius 1 is 1.03 bits per heavy atom. The zero-order valence-corrected chi connectivity index (χ0v) is 18.7. The molecule has 0 aromatic heterocycles. The van der Waals surface area contributed by atoms with E-state index in [1.54, 1.807) is 26.0 Å². The quantitative estimate of drug-likeness (QED) is 0.679. The minimum atomic E-state index is -2.18. The second-order valence-corrected chi connectivity index (χ2v) is 8.52. The highest BCUT2D eigenvalue weighted by molar-refractivity contribution is 6.26. The maximum absolute atomic E-state index is 14.3. The monoisotopic (exact) mass is 457 g/mol. The van der Waals surface area contributed by atoms with E-state index in [1.165, 1.54) is 23.1 Å². The van der Waals surface area contributed by atoms with Crippen LogP contribution in [0.4, 0.5) is 0 Å². The number of allylic oxidation sites excluding steroid dienone is 2. The standard InChI is InChI=1S/C27H23NO6/c1-3-34-25(32)21-16(2)28(15-17-9-5-4-6-10-17)26(33)14-13-20(29)22-23(30)18-11-7-8-12-19(18)24(31)27(21,22)26/h4-14,30,33H,3,15H2,1-2H3. The average molecular weight is 457 g/mol. The second-order valence-electron chi connectivity index (χ2n) is 8.52. The van der Waals surface area contributed by atoms with Crippen LogP contribution in [-0.4, -0.2) is 45.0 Å². The van der Waals surface area contributed by atoms with E-state index in [0.29, 0.717) is 5.70 Å². The first-order valence-corrected chi connectivity index (χ1v) is 11.0. The molecule has 1 aliphatic heterocycles. The number of ketones is 2. The van der Waals surface area contributed by atoms with E-state index in [9.17, 15) is 24.6 Å². The number of esters is 1. The van der Waals surface area contributed by atoms with Gasteiger partial charge >= 0.3 is 5.97 Å². The number of Topliss-reactive ketones (excluding diaryl/α,β-unsaturated/α-hetero) is 1. The number of fused-ring (bicyclic) bond motifs is 1. The van der Waals surface area contributed by atoms with E-state index in [1.807, 2.05) is 30.3 Å². The molecule has 0 saturated heterocycles. The van der Waals surface area contributed by atoms with E-state index < -0.39 is 34.4 Å². The molecule has 2 aromatic rings. The first-order chi connectivity index (χ1) is 16.3. The number of aliphatic hydroxyl groups is 2. The fourth-order valence-electron chi connectivity index (χ4n) is 5.45. The zero-order chi connectivity index (χ0) is 24.3.